The molecule has 1 saturated heterocycles. The third-order valence-corrected chi connectivity index (χ3v) is 6.59. The monoisotopic (exact) mass is 410 g/mol. The van der Waals surface area contributed by atoms with Gasteiger partial charge in [-0.25, -0.2) is 19.5 Å². The van der Waals surface area contributed by atoms with Crippen LogP contribution in [0.15, 0.2) is 61.1 Å². The Kier molecular flexibility index (Phi) is 4.09. The summed E-state index contributed by atoms with van der Waals surface area (Å²) in [4.78, 5) is 29.2. The van der Waals surface area contributed by atoms with E-state index < -0.39 is 0 Å². The van der Waals surface area contributed by atoms with Crippen molar-refractivity contribution in [2.75, 3.05) is 13.1 Å². The zero-order valence-corrected chi connectivity index (χ0v) is 17.1. The van der Waals surface area contributed by atoms with Gasteiger partial charge in [-0.2, -0.15) is 5.10 Å². The van der Waals surface area contributed by atoms with Crippen LogP contribution >= 0.6 is 0 Å². The standard InChI is InChI=1S/C24H22N6O/c31-23(19-14-20-25-11-5-13-30(20)28-19)29-12-4-9-24(16-29)10-8-18-15-26-22(27-21(18)24)17-6-2-1-3-7-17/h1-3,5-7,11,13-15H,4,8-10,12,16H2. The molecule has 1 aromatic carbocycles. The molecule has 0 radical (unpaired) electrons. The highest BCUT2D eigenvalue weighted by Gasteiger charge is 2.45. The Hall–Kier alpha value is -3.61. The normalized spacial score (nSPS) is 20.3. The predicted molar refractivity (Wildman–Crippen MR) is 116 cm³/mol. The maximum absolute atomic E-state index is 13.3. The van der Waals surface area contributed by atoms with E-state index in [0.29, 0.717) is 17.9 Å². The first kappa shape index (κ1) is 18.2. The number of hydrogen-bond acceptors (Lipinski definition) is 5. The summed E-state index contributed by atoms with van der Waals surface area (Å²) >= 11 is 0. The summed E-state index contributed by atoms with van der Waals surface area (Å²) in [6.45, 7) is 1.42. The van der Waals surface area contributed by atoms with E-state index >= 15 is 0 Å². The maximum Gasteiger partial charge on any atom is 0.274 e. The van der Waals surface area contributed by atoms with Gasteiger partial charge in [0.25, 0.3) is 5.91 Å². The van der Waals surface area contributed by atoms with E-state index in [0.717, 1.165) is 49.3 Å². The van der Waals surface area contributed by atoms with Gasteiger partial charge in [-0.05, 0) is 37.3 Å². The number of carbonyl (C=O) groups excluding carboxylic acids is 1. The first-order valence-electron chi connectivity index (χ1n) is 10.7. The van der Waals surface area contributed by atoms with E-state index in [2.05, 4.69) is 15.1 Å². The molecule has 2 aliphatic rings. The summed E-state index contributed by atoms with van der Waals surface area (Å²) in [6.07, 6.45) is 9.47. The zero-order chi connectivity index (χ0) is 20.8. The van der Waals surface area contributed by atoms with Crippen LogP contribution in [0.4, 0.5) is 0 Å². The molecule has 7 heteroatoms. The van der Waals surface area contributed by atoms with Gasteiger partial charge in [-0.3, -0.25) is 4.79 Å². The minimum Gasteiger partial charge on any atom is -0.336 e. The Morgan fingerprint density at radius 3 is 2.84 bits per heavy atom. The molecule has 31 heavy (non-hydrogen) atoms. The molecule has 3 aromatic heterocycles. The van der Waals surface area contributed by atoms with Crippen molar-refractivity contribution < 1.29 is 4.79 Å². The number of aryl methyl sites for hydroxylation is 1. The summed E-state index contributed by atoms with van der Waals surface area (Å²) < 4.78 is 1.65. The second kappa shape index (κ2) is 6.97. The van der Waals surface area contributed by atoms with E-state index in [4.69, 9.17) is 4.98 Å². The van der Waals surface area contributed by atoms with Crippen molar-refractivity contribution in [3.63, 3.8) is 0 Å². The van der Waals surface area contributed by atoms with Crippen molar-refractivity contribution in [3.8, 4) is 11.4 Å². The van der Waals surface area contributed by atoms with Crippen molar-refractivity contribution in [1.82, 2.24) is 29.5 Å². The first-order valence-corrected chi connectivity index (χ1v) is 10.7. The number of benzene rings is 1. The van der Waals surface area contributed by atoms with Crippen LogP contribution in [0.5, 0.6) is 0 Å². The van der Waals surface area contributed by atoms with Crippen LogP contribution in [0.2, 0.25) is 0 Å². The van der Waals surface area contributed by atoms with Crippen molar-refractivity contribution >= 4 is 11.6 Å². The molecule has 1 amide bonds. The fourth-order valence-electron chi connectivity index (χ4n) is 5.07. The molecule has 4 heterocycles. The summed E-state index contributed by atoms with van der Waals surface area (Å²) in [7, 11) is 0. The lowest BCUT2D eigenvalue weighted by Crippen LogP contribution is -2.48. The van der Waals surface area contributed by atoms with Gasteiger partial charge in [-0.15, -0.1) is 0 Å². The van der Waals surface area contributed by atoms with Crippen LogP contribution in [-0.2, 0) is 11.8 Å². The Bertz CT molecular complexity index is 1250. The fourth-order valence-corrected chi connectivity index (χ4v) is 5.07. The molecular formula is C24H22N6O. The number of rotatable bonds is 2. The summed E-state index contributed by atoms with van der Waals surface area (Å²) in [5, 5.41) is 4.44. The molecule has 1 aliphatic heterocycles. The third-order valence-electron chi connectivity index (χ3n) is 6.59. The highest BCUT2D eigenvalue weighted by atomic mass is 16.2. The number of carbonyl (C=O) groups is 1. The van der Waals surface area contributed by atoms with Crippen LogP contribution < -0.4 is 0 Å². The number of aromatic nitrogens is 5. The number of piperidine rings is 1. The highest BCUT2D eigenvalue weighted by molar-refractivity contribution is 5.93. The van der Waals surface area contributed by atoms with E-state index in [9.17, 15) is 4.79 Å². The van der Waals surface area contributed by atoms with Crippen LogP contribution in [0.25, 0.3) is 17.0 Å². The van der Waals surface area contributed by atoms with E-state index in [1.165, 1.54) is 5.56 Å². The molecule has 0 bridgehead atoms. The van der Waals surface area contributed by atoms with Gasteiger partial charge in [0.1, 0.15) is 0 Å². The largest absolute Gasteiger partial charge is 0.336 e. The van der Waals surface area contributed by atoms with Crippen LogP contribution in [0, 0.1) is 0 Å². The average molecular weight is 410 g/mol. The van der Waals surface area contributed by atoms with Crippen molar-refractivity contribution in [1.29, 1.82) is 0 Å². The molecule has 1 spiro atoms. The lowest BCUT2D eigenvalue weighted by molar-refractivity contribution is 0.0627. The lowest BCUT2D eigenvalue weighted by atomic mass is 9.77. The minimum atomic E-state index is -0.104. The molecule has 1 aliphatic carbocycles. The summed E-state index contributed by atoms with van der Waals surface area (Å²) in [6, 6.07) is 13.7. The molecule has 0 saturated carbocycles. The smallest absolute Gasteiger partial charge is 0.274 e. The van der Waals surface area contributed by atoms with E-state index in [1.54, 1.807) is 16.8 Å². The predicted octanol–water partition coefficient (Wildman–Crippen LogP) is 3.31. The molecule has 6 rings (SSSR count). The molecule has 0 N–H and O–H groups in total. The van der Waals surface area contributed by atoms with Gasteiger partial charge in [0.05, 0.1) is 5.69 Å². The van der Waals surface area contributed by atoms with Gasteiger partial charge in [0, 0.05) is 48.7 Å². The highest BCUT2D eigenvalue weighted by Crippen LogP contribution is 2.44. The SMILES string of the molecule is O=C(c1cc2ncccn2n1)N1CCCC2(CCc3cnc(-c4ccccc4)nc32)C1. The lowest BCUT2D eigenvalue weighted by Gasteiger charge is -2.40. The van der Waals surface area contributed by atoms with Gasteiger partial charge in [0.15, 0.2) is 17.2 Å². The van der Waals surface area contributed by atoms with Crippen LogP contribution in [0.3, 0.4) is 0 Å². The second-order valence-electron chi connectivity index (χ2n) is 8.50. The Balaban J connectivity index is 1.33. The third kappa shape index (κ3) is 3.00. The number of nitrogens with zero attached hydrogens (tertiary/aromatic N) is 6. The van der Waals surface area contributed by atoms with Gasteiger partial charge < -0.3 is 4.90 Å². The van der Waals surface area contributed by atoms with Gasteiger partial charge in [-0.1, -0.05) is 30.3 Å². The number of fused-ring (bicyclic) bond motifs is 3. The van der Waals surface area contributed by atoms with E-state index in [1.807, 2.05) is 53.7 Å². The van der Waals surface area contributed by atoms with Crippen LogP contribution in [0.1, 0.15) is 41.0 Å². The maximum atomic E-state index is 13.3. The molecular weight excluding hydrogens is 388 g/mol. The molecule has 1 fully saturated rings. The van der Waals surface area contributed by atoms with E-state index in [-0.39, 0.29) is 11.3 Å². The Labute approximate surface area is 179 Å². The van der Waals surface area contributed by atoms with Crippen molar-refractivity contribution in [2.45, 2.75) is 31.1 Å². The van der Waals surface area contributed by atoms with Crippen LogP contribution in [-0.4, -0.2) is 48.5 Å². The van der Waals surface area contributed by atoms with Crippen molar-refractivity contribution in [2.24, 2.45) is 0 Å². The Morgan fingerprint density at radius 1 is 1.06 bits per heavy atom. The zero-order valence-electron chi connectivity index (χ0n) is 17.1. The average Bonchev–Trinajstić information content (AvgIpc) is 3.41. The topological polar surface area (TPSA) is 76.3 Å². The van der Waals surface area contributed by atoms with Crippen molar-refractivity contribution in [3.05, 3.63) is 78.0 Å². The fraction of sp³-hybridized carbons (Fsp3) is 0.292. The molecule has 1 unspecified atom stereocenters. The first-order chi connectivity index (χ1) is 15.2. The quantitative estimate of drug-likeness (QED) is 0.507. The van der Waals surface area contributed by atoms with Gasteiger partial charge >= 0.3 is 0 Å². The molecule has 1 atom stereocenters. The molecule has 154 valence electrons. The summed E-state index contributed by atoms with van der Waals surface area (Å²) in [5.74, 6) is 0.728. The minimum absolute atomic E-state index is 0.0321. The second-order valence-corrected chi connectivity index (χ2v) is 8.50. The number of likely N-dealkylation sites (tertiary alicyclic amines) is 1. The molecule has 4 aromatic rings. The number of hydrogen-bond donors (Lipinski definition) is 0. The number of amides is 1. The molecule has 7 nitrogen and oxygen atoms in total. The summed E-state index contributed by atoms with van der Waals surface area (Å²) in [5.41, 5.74) is 4.38. The Morgan fingerprint density at radius 2 is 1.97 bits per heavy atom. The van der Waals surface area contributed by atoms with Gasteiger partial charge in [0.2, 0.25) is 0 Å².